The van der Waals surface area contributed by atoms with Crippen LogP contribution in [0.25, 0.3) is 10.9 Å². The van der Waals surface area contributed by atoms with Gasteiger partial charge in [0.2, 0.25) is 0 Å². The number of pyridine rings is 1. The van der Waals surface area contributed by atoms with Gasteiger partial charge >= 0.3 is 0 Å². The van der Waals surface area contributed by atoms with E-state index in [4.69, 9.17) is 0 Å². The Labute approximate surface area is 177 Å². The minimum Gasteiger partial charge on any atom is -0.387 e. The van der Waals surface area contributed by atoms with Crippen molar-refractivity contribution in [1.82, 2.24) is 9.88 Å². The largest absolute Gasteiger partial charge is 0.387 e. The number of para-hydroxylation sites is 1. The Morgan fingerprint density at radius 3 is 2.59 bits per heavy atom. The number of aliphatic hydroxyl groups excluding tert-OH is 1. The van der Waals surface area contributed by atoms with Crippen LogP contribution in [-0.2, 0) is 0 Å². The topological polar surface area (TPSA) is 36.4 Å². The molecule has 3 aliphatic heterocycles. The van der Waals surface area contributed by atoms with Crippen molar-refractivity contribution in [1.29, 1.82) is 0 Å². The minimum absolute atomic E-state index is 0.265. The van der Waals surface area contributed by atoms with Crippen LogP contribution in [0.15, 0.2) is 36.5 Å². The standard InChI is InChI=1S/C25H38N2OSi/c1-4-29(5-2,6-3)16-13-20-18-27-15-12-19(20)17-24(27)25(28)22-11-14-26-23-10-8-7-9-21(22)23/h7-11,14,19-20,24-25,28H,4-6,12-13,15-18H2,1-3H3/t19-,20-,24-,25+/m0/s1. The molecule has 3 nitrogen and oxygen atoms in total. The molecule has 4 heterocycles. The highest BCUT2D eigenvalue weighted by Gasteiger charge is 2.43. The van der Waals surface area contributed by atoms with Gasteiger partial charge in [-0.25, -0.2) is 0 Å². The van der Waals surface area contributed by atoms with Gasteiger partial charge in [-0.1, -0.05) is 69.6 Å². The van der Waals surface area contributed by atoms with Gasteiger partial charge in [0.1, 0.15) is 0 Å². The summed E-state index contributed by atoms with van der Waals surface area (Å²) in [5.74, 6) is 1.64. The van der Waals surface area contributed by atoms with E-state index < -0.39 is 14.2 Å². The molecule has 5 atom stereocenters. The zero-order valence-corrected chi connectivity index (χ0v) is 19.5. The fraction of sp³-hybridized carbons (Fsp3) is 0.640. The first-order valence-electron chi connectivity index (χ1n) is 11.9. The molecule has 5 rings (SSSR count). The van der Waals surface area contributed by atoms with E-state index in [1.54, 1.807) is 0 Å². The van der Waals surface area contributed by atoms with Gasteiger partial charge in [-0.2, -0.15) is 0 Å². The number of aromatic nitrogens is 1. The van der Waals surface area contributed by atoms with E-state index in [-0.39, 0.29) is 6.04 Å². The van der Waals surface area contributed by atoms with E-state index in [0.29, 0.717) is 0 Å². The summed E-state index contributed by atoms with van der Waals surface area (Å²) in [5, 5.41) is 12.5. The van der Waals surface area contributed by atoms with Crippen molar-refractivity contribution < 1.29 is 5.11 Å². The molecule has 3 aliphatic rings. The lowest BCUT2D eigenvalue weighted by Crippen LogP contribution is -2.55. The molecule has 1 aromatic heterocycles. The first kappa shape index (κ1) is 21.0. The van der Waals surface area contributed by atoms with Gasteiger partial charge in [0.25, 0.3) is 0 Å². The molecule has 4 heteroatoms. The first-order valence-corrected chi connectivity index (χ1v) is 14.7. The Morgan fingerprint density at radius 2 is 1.90 bits per heavy atom. The van der Waals surface area contributed by atoms with Crippen LogP contribution in [0, 0.1) is 11.8 Å². The zero-order chi connectivity index (χ0) is 20.4. The van der Waals surface area contributed by atoms with E-state index in [1.165, 1.54) is 43.6 Å². The molecule has 2 aromatic rings. The molecule has 0 radical (unpaired) electrons. The number of benzene rings is 1. The van der Waals surface area contributed by atoms with Gasteiger partial charge in [-0.15, -0.1) is 0 Å². The van der Waals surface area contributed by atoms with Crippen LogP contribution < -0.4 is 0 Å². The van der Waals surface area contributed by atoms with E-state index in [1.807, 2.05) is 24.4 Å². The van der Waals surface area contributed by atoms with E-state index >= 15 is 0 Å². The number of fused-ring (bicyclic) bond motifs is 4. The number of aliphatic hydroxyl groups is 1. The number of piperidine rings is 3. The van der Waals surface area contributed by atoms with Crippen LogP contribution >= 0.6 is 0 Å². The Kier molecular flexibility index (Phi) is 6.43. The molecule has 0 saturated carbocycles. The number of hydrogen-bond acceptors (Lipinski definition) is 3. The second-order valence-corrected chi connectivity index (χ2v) is 15.2. The molecule has 29 heavy (non-hydrogen) atoms. The molecule has 158 valence electrons. The summed E-state index contributed by atoms with van der Waals surface area (Å²) in [6.07, 6.45) is 5.34. The Bertz CT molecular complexity index is 808. The molecule has 1 unspecified atom stereocenters. The quantitative estimate of drug-likeness (QED) is 0.552. The summed E-state index contributed by atoms with van der Waals surface area (Å²) in [6.45, 7) is 9.64. The summed E-state index contributed by atoms with van der Waals surface area (Å²) in [5.41, 5.74) is 2.04. The molecule has 3 fully saturated rings. The van der Waals surface area contributed by atoms with Gasteiger partial charge in [0, 0.05) is 24.2 Å². The Hall–Kier alpha value is -1.23. The van der Waals surface area contributed by atoms with Crippen molar-refractivity contribution >= 4 is 19.0 Å². The highest BCUT2D eigenvalue weighted by molar-refractivity contribution is 6.79. The molecule has 0 aliphatic carbocycles. The molecule has 2 bridgehead atoms. The molecular weight excluding hydrogens is 372 g/mol. The van der Waals surface area contributed by atoms with Crippen molar-refractivity contribution in [2.75, 3.05) is 13.1 Å². The average Bonchev–Trinajstić information content (AvgIpc) is 2.80. The van der Waals surface area contributed by atoms with Crippen LogP contribution in [0.5, 0.6) is 0 Å². The minimum atomic E-state index is -1.03. The third-order valence-electron chi connectivity index (χ3n) is 8.60. The van der Waals surface area contributed by atoms with Crippen LogP contribution in [-0.4, -0.2) is 42.2 Å². The second kappa shape index (κ2) is 8.87. The summed E-state index contributed by atoms with van der Waals surface area (Å²) in [4.78, 5) is 7.09. The molecule has 0 spiro atoms. The van der Waals surface area contributed by atoms with Gasteiger partial charge in [-0.3, -0.25) is 9.88 Å². The van der Waals surface area contributed by atoms with Crippen LogP contribution in [0.3, 0.4) is 0 Å². The van der Waals surface area contributed by atoms with Crippen LogP contribution in [0.1, 0.15) is 51.7 Å². The molecular formula is C25H38N2OSi. The van der Waals surface area contributed by atoms with Crippen molar-refractivity contribution in [3.05, 3.63) is 42.1 Å². The monoisotopic (exact) mass is 410 g/mol. The highest BCUT2D eigenvalue weighted by atomic mass is 28.3. The van der Waals surface area contributed by atoms with Gasteiger partial charge in [-0.05, 0) is 48.9 Å². The molecule has 1 aromatic carbocycles. The normalized spacial score (nSPS) is 28.0. The van der Waals surface area contributed by atoms with E-state index in [9.17, 15) is 5.11 Å². The van der Waals surface area contributed by atoms with Gasteiger partial charge in [0.05, 0.1) is 19.7 Å². The molecule has 0 amide bonds. The summed E-state index contributed by atoms with van der Waals surface area (Å²) in [7, 11) is -1.03. The first-order chi connectivity index (χ1) is 14.1. The third-order valence-corrected chi connectivity index (χ3v) is 14.4. The third kappa shape index (κ3) is 4.04. The van der Waals surface area contributed by atoms with Crippen LogP contribution in [0.2, 0.25) is 24.2 Å². The molecule has 3 saturated heterocycles. The van der Waals surface area contributed by atoms with Gasteiger partial charge in [0.15, 0.2) is 0 Å². The maximum Gasteiger partial charge on any atom is 0.0952 e. The number of hydrogen-bond donors (Lipinski definition) is 1. The lowest BCUT2D eigenvalue weighted by Gasteiger charge is -2.52. The number of rotatable bonds is 8. The van der Waals surface area contributed by atoms with Crippen molar-refractivity contribution in [2.24, 2.45) is 11.8 Å². The predicted octanol–water partition coefficient (Wildman–Crippen LogP) is 5.88. The summed E-state index contributed by atoms with van der Waals surface area (Å²) >= 11 is 0. The SMILES string of the molecule is CC[Si](CC)(CC)CC[C@H]1CN2CC[C@H]1C[C@H]2[C@H](O)c1ccnc2ccccc12. The van der Waals surface area contributed by atoms with Crippen molar-refractivity contribution in [2.45, 2.75) is 76.4 Å². The predicted molar refractivity (Wildman–Crippen MR) is 125 cm³/mol. The van der Waals surface area contributed by atoms with Crippen molar-refractivity contribution in [3.63, 3.8) is 0 Å². The highest BCUT2D eigenvalue weighted by Crippen LogP contribution is 2.44. The maximum absolute atomic E-state index is 11.4. The van der Waals surface area contributed by atoms with Crippen LogP contribution in [0.4, 0.5) is 0 Å². The average molecular weight is 411 g/mol. The fourth-order valence-corrected chi connectivity index (χ4v) is 9.73. The Balaban J connectivity index is 1.46. The summed E-state index contributed by atoms with van der Waals surface area (Å²) < 4.78 is 0. The van der Waals surface area contributed by atoms with E-state index in [2.05, 4.69) is 42.8 Å². The fourth-order valence-electron chi connectivity index (χ4n) is 6.19. The van der Waals surface area contributed by atoms with Gasteiger partial charge < -0.3 is 5.11 Å². The maximum atomic E-state index is 11.4. The zero-order valence-electron chi connectivity index (χ0n) is 18.5. The summed E-state index contributed by atoms with van der Waals surface area (Å²) in [6, 6.07) is 16.3. The van der Waals surface area contributed by atoms with E-state index in [0.717, 1.165) is 41.3 Å². The Morgan fingerprint density at radius 1 is 1.14 bits per heavy atom. The smallest absolute Gasteiger partial charge is 0.0952 e. The van der Waals surface area contributed by atoms with Crippen molar-refractivity contribution in [3.8, 4) is 0 Å². The second-order valence-electron chi connectivity index (χ2n) is 9.57. The lowest BCUT2D eigenvalue weighted by molar-refractivity contribution is -0.0562. The lowest BCUT2D eigenvalue weighted by atomic mass is 9.72. The molecule has 1 N–H and O–H groups in total. The number of nitrogens with zero attached hydrogens (tertiary/aromatic N) is 2.